The number of ether oxygens (including phenoxy) is 1. The summed E-state index contributed by atoms with van der Waals surface area (Å²) in [4.78, 5) is 23.9. The van der Waals surface area contributed by atoms with E-state index in [0.717, 1.165) is 6.26 Å². The van der Waals surface area contributed by atoms with Crippen molar-refractivity contribution in [1.29, 1.82) is 0 Å². The number of carbonyl (C=O) groups is 2. The highest BCUT2D eigenvalue weighted by Crippen LogP contribution is 2.15. The van der Waals surface area contributed by atoms with Crippen LogP contribution in [-0.2, 0) is 14.6 Å². The first kappa shape index (κ1) is 17.7. The standard InChI is InChI=1S/C17H17NO5S/c1-3-23-17(20)12-7-9-14(10-8-12)18-16(19)13-5-4-6-15(11-13)24(2,21)22/h4-11H,3H2,1-2H3,(H,18,19). The number of sulfone groups is 1. The smallest absolute Gasteiger partial charge is 0.338 e. The third kappa shape index (κ3) is 4.42. The summed E-state index contributed by atoms with van der Waals surface area (Å²) in [7, 11) is -3.38. The Balaban J connectivity index is 2.14. The van der Waals surface area contributed by atoms with Crippen molar-refractivity contribution in [3.8, 4) is 0 Å². The van der Waals surface area contributed by atoms with Gasteiger partial charge in [0.1, 0.15) is 0 Å². The lowest BCUT2D eigenvalue weighted by atomic mass is 10.2. The van der Waals surface area contributed by atoms with Crippen LogP contribution in [0.5, 0.6) is 0 Å². The molecule has 0 fully saturated rings. The first-order valence-electron chi connectivity index (χ1n) is 7.20. The van der Waals surface area contributed by atoms with E-state index < -0.39 is 21.7 Å². The zero-order valence-corrected chi connectivity index (χ0v) is 14.1. The van der Waals surface area contributed by atoms with Gasteiger partial charge in [-0.25, -0.2) is 13.2 Å². The van der Waals surface area contributed by atoms with E-state index in [2.05, 4.69) is 5.32 Å². The van der Waals surface area contributed by atoms with Gasteiger partial charge in [-0.3, -0.25) is 4.79 Å². The molecule has 0 saturated carbocycles. The third-order valence-corrected chi connectivity index (χ3v) is 4.29. The highest BCUT2D eigenvalue weighted by atomic mass is 32.2. The highest BCUT2D eigenvalue weighted by molar-refractivity contribution is 7.90. The van der Waals surface area contributed by atoms with Gasteiger partial charge < -0.3 is 10.1 Å². The molecule has 0 saturated heterocycles. The first-order chi connectivity index (χ1) is 11.3. The Bertz CT molecular complexity index is 857. The molecule has 24 heavy (non-hydrogen) atoms. The van der Waals surface area contributed by atoms with Crippen molar-refractivity contribution >= 4 is 27.4 Å². The molecule has 1 N–H and O–H groups in total. The SMILES string of the molecule is CCOC(=O)c1ccc(NC(=O)c2cccc(S(C)(=O)=O)c2)cc1. The average Bonchev–Trinajstić information content (AvgIpc) is 2.55. The monoisotopic (exact) mass is 347 g/mol. The summed E-state index contributed by atoms with van der Waals surface area (Å²) in [6, 6.07) is 12.0. The van der Waals surface area contributed by atoms with Gasteiger partial charge in [0.25, 0.3) is 5.91 Å². The van der Waals surface area contributed by atoms with E-state index in [0.29, 0.717) is 11.3 Å². The van der Waals surface area contributed by atoms with Gasteiger partial charge in [0.15, 0.2) is 9.84 Å². The molecule has 0 atom stereocenters. The lowest BCUT2D eigenvalue weighted by Gasteiger charge is -2.07. The summed E-state index contributed by atoms with van der Waals surface area (Å²) in [6.07, 6.45) is 1.08. The molecular formula is C17H17NO5S. The number of hydrogen-bond donors (Lipinski definition) is 1. The van der Waals surface area contributed by atoms with Crippen molar-refractivity contribution in [1.82, 2.24) is 0 Å². The van der Waals surface area contributed by atoms with Crippen LogP contribution in [0.15, 0.2) is 53.4 Å². The van der Waals surface area contributed by atoms with Crippen LogP contribution in [0.1, 0.15) is 27.6 Å². The van der Waals surface area contributed by atoms with E-state index >= 15 is 0 Å². The fourth-order valence-corrected chi connectivity index (χ4v) is 2.64. The summed E-state index contributed by atoms with van der Waals surface area (Å²) in [5.74, 6) is -0.874. The Morgan fingerprint density at radius 1 is 1.04 bits per heavy atom. The molecule has 2 aromatic carbocycles. The maximum absolute atomic E-state index is 12.2. The second-order valence-electron chi connectivity index (χ2n) is 5.05. The van der Waals surface area contributed by atoms with Crippen LogP contribution in [0.2, 0.25) is 0 Å². The Kier molecular flexibility index (Phi) is 5.35. The van der Waals surface area contributed by atoms with Gasteiger partial charge in [-0.05, 0) is 49.4 Å². The number of carbonyl (C=O) groups excluding carboxylic acids is 2. The van der Waals surface area contributed by atoms with Crippen molar-refractivity contribution < 1.29 is 22.7 Å². The van der Waals surface area contributed by atoms with Gasteiger partial charge >= 0.3 is 5.97 Å². The number of nitrogens with one attached hydrogen (secondary N) is 1. The van der Waals surface area contributed by atoms with E-state index in [9.17, 15) is 18.0 Å². The summed E-state index contributed by atoms with van der Waals surface area (Å²) >= 11 is 0. The lowest BCUT2D eigenvalue weighted by molar-refractivity contribution is 0.0526. The van der Waals surface area contributed by atoms with Crippen LogP contribution in [0, 0.1) is 0 Å². The van der Waals surface area contributed by atoms with Crippen molar-refractivity contribution in [2.24, 2.45) is 0 Å². The predicted molar refractivity (Wildman–Crippen MR) is 89.9 cm³/mol. The van der Waals surface area contributed by atoms with Crippen LogP contribution in [0.4, 0.5) is 5.69 Å². The molecule has 0 bridgehead atoms. The van der Waals surface area contributed by atoms with Crippen LogP contribution in [0.3, 0.4) is 0 Å². The van der Waals surface area contributed by atoms with Gasteiger partial charge in [-0.1, -0.05) is 6.07 Å². The molecule has 0 aliphatic rings. The molecule has 6 nitrogen and oxygen atoms in total. The molecule has 1 amide bonds. The summed E-state index contributed by atoms with van der Waals surface area (Å²) in [6.45, 7) is 2.01. The predicted octanol–water partition coefficient (Wildman–Crippen LogP) is 2.52. The van der Waals surface area contributed by atoms with Gasteiger partial charge in [-0.15, -0.1) is 0 Å². The third-order valence-electron chi connectivity index (χ3n) is 3.18. The molecule has 0 aliphatic carbocycles. The fraction of sp³-hybridized carbons (Fsp3) is 0.176. The maximum Gasteiger partial charge on any atom is 0.338 e. The molecular weight excluding hydrogens is 330 g/mol. The molecule has 0 unspecified atom stereocenters. The van der Waals surface area contributed by atoms with Gasteiger partial charge in [0, 0.05) is 17.5 Å². The zero-order chi connectivity index (χ0) is 17.7. The molecule has 0 aromatic heterocycles. The van der Waals surface area contributed by atoms with Crippen LogP contribution >= 0.6 is 0 Å². The number of esters is 1. The minimum Gasteiger partial charge on any atom is -0.462 e. The summed E-state index contributed by atoms with van der Waals surface area (Å²) in [5.41, 5.74) is 1.10. The zero-order valence-electron chi connectivity index (χ0n) is 13.3. The number of amides is 1. The number of benzene rings is 2. The summed E-state index contributed by atoms with van der Waals surface area (Å²) < 4.78 is 28.0. The van der Waals surface area contributed by atoms with Crippen LogP contribution in [-0.4, -0.2) is 33.2 Å². The van der Waals surface area contributed by atoms with Crippen molar-refractivity contribution in [3.63, 3.8) is 0 Å². The molecule has 0 heterocycles. The normalized spacial score (nSPS) is 10.9. The van der Waals surface area contributed by atoms with Gasteiger partial charge in [-0.2, -0.15) is 0 Å². The van der Waals surface area contributed by atoms with Crippen LogP contribution < -0.4 is 5.32 Å². The average molecular weight is 347 g/mol. The Hall–Kier alpha value is -2.67. The number of hydrogen-bond acceptors (Lipinski definition) is 5. The van der Waals surface area contributed by atoms with Crippen molar-refractivity contribution in [2.45, 2.75) is 11.8 Å². The van der Waals surface area contributed by atoms with Crippen LogP contribution in [0.25, 0.3) is 0 Å². The minimum absolute atomic E-state index is 0.0767. The number of rotatable bonds is 5. The molecule has 126 valence electrons. The topological polar surface area (TPSA) is 89.5 Å². The van der Waals surface area contributed by atoms with Crippen molar-refractivity contribution in [2.75, 3.05) is 18.2 Å². The quantitative estimate of drug-likeness (QED) is 0.840. The van der Waals surface area contributed by atoms with Gasteiger partial charge in [0.05, 0.1) is 17.1 Å². The lowest BCUT2D eigenvalue weighted by Crippen LogP contribution is -2.13. The second kappa shape index (κ2) is 7.27. The summed E-state index contributed by atoms with van der Waals surface area (Å²) in [5, 5.41) is 2.65. The molecule has 2 aromatic rings. The molecule has 7 heteroatoms. The molecule has 0 radical (unpaired) electrons. The van der Waals surface area contributed by atoms with Crippen molar-refractivity contribution in [3.05, 3.63) is 59.7 Å². The van der Waals surface area contributed by atoms with E-state index in [1.807, 2.05) is 0 Å². The molecule has 0 spiro atoms. The van der Waals surface area contributed by atoms with Gasteiger partial charge in [0.2, 0.25) is 0 Å². The van der Waals surface area contributed by atoms with E-state index in [1.54, 1.807) is 31.2 Å². The fourth-order valence-electron chi connectivity index (χ4n) is 1.98. The largest absolute Gasteiger partial charge is 0.462 e. The highest BCUT2D eigenvalue weighted by Gasteiger charge is 2.12. The minimum atomic E-state index is -3.38. The van der Waals surface area contributed by atoms with E-state index in [-0.39, 0.29) is 17.1 Å². The second-order valence-corrected chi connectivity index (χ2v) is 7.07. The number of anilines is 1. The molecule has 0 aliphatic heterocycles. The Morgan fingerprint density at radius 2 is 1.71 bits per heavy atom. The van der Waals surface area contributed by atoms with E-state index in [4.69, 9.17) is 4.74 Å². The maximum atomic E-state index is 12.2. The van der Waals surface area contributed by atoms with E-state index in [1.165, 1.54) is 24.3 Å². The Morgan fingerprint density at radius 3 is 2.29 bits per heavy atom. The Labute approximate surface area is 140 Å². The first-order valence-corrected chi connectivity index (χ1v) is 9.09. The molecule has 2 rings (SSSR count).